The van der Waals surface area contributed by atoms with Crippen LogP contribution < -0.4 is 9.47 Å². The number of carbonyl (C=O) groups excluding carboxylic acids is 2. The van der Waals surface area contributed by atoms with Crippen LogP contribution in [0.15, 0.2) is 34.9 Å². The molecule has 0 fully saturated rings. The van der Waals surface area contributed by atoms with E-state index in [1.807, 2.05) is 30.9 Å². The van der Waals surface area contributed by atoms with Gasteiger partial charge in [0.25, 0.3) is 5.91 Å². The van der Waals surface area contributed by atoms with Crippen molar-refractivity contribution in [1.82, 2.24) is 9.80 Å². The molecule has 0 bridgehead atoms. The molecule has 1 aromatic carbocycles. The van der Waals surface area contributed by atoms with Gasteiger partial charge in [-0.25, -0.2) is 0 Å². The van der Waals surface area contributed by atoms with Gasteiger partial charge in [-0.05, 0) is 55.2 Å². The molecule has 2 aromatic rings. The molecule has 2 amide bonds. The lowest BCUT2D eigenvalue weighted by Gasteiger charge is -2.37. The van der Waals surface area contributed by atoms with Crippen molar-refractivity contribution in [2.45, 2.75) is 32.7 Å². The summed E-state index contributed by atoms with van der Waals surface area (Å²) in [4.78, 5) is 29.2. The highest BCUT2D eigenvalue weighted by atomic mass is 16.5. The SMILES string of the molecule is CCCN(CC(=O)N1CCc2cc(OC)c(OC)cc2C1C)C(=O)c1ccco1. The van der Waals surface area contributed by atoms with Gasteiger partial charge < -0.3 is 23.7 Å². The molecule has 29 heavy (non-hydrogen) atoms. The van der Waals surface area contributed by atoms with Gasteiger partial charge in [0.05, 0.1) is 26.5 Å². The summed E-state index contributed by atoms with van der Waals surface area (Å²) in [5, 5.41) is 0. The number of methoxy groups -OCH3 is 2. The molecule has 7 heteroatoms. The number of furan rings is 1. The van der Waals surface area contributed by atoms with Gasteiger partial charge >= 0.3 is 0 Å². The number of rotatable bonds is 7. The summed E-state index contributed by atoms with van der Waals surface area (Å²) in [5.74, 6) is 1.25. The molecule has 0 spiro atoms. The van der Waals surface area contributed by atoms with Gasteiger partial charge in [0.2, 0.25) is 5.91 Å². The smallest absolute Gasteiger partial charge is 0.290 e. The normalized spacial score (nSPS) is 15.6. The summed E-state index contributed by atoms with van der Waals surface area (Å²) in [6.45, 7) is 5.10. The fourth-order valence-corrected chi connectivity index (χ4v) is 3.82. The van der Waals surface area contributed by atoms with Gasteiger partial charge in [-0.1, -0.05) is 6.92 Å². The van der Waals surface area contributed by atoms with Crippen LogP contribution in [0.25, 0.3) is 0 Å². The highest BCUT2D eigenvalue weighted by Gasteiger charge is 2.31. The van der Waals surface area contributed by atoms with Crippen molar-refractivity contribution in [3.8, 4) is 11.5 Å². The topological polar surface area (TPSA) is 72.2 Å². The Morgan fingerprint density at radius 1 is 1.24 bits per heavy atom. The third-order valence-corrected chi connectivity index (χ3v) is 5.34. The molecule has 1 aliphatic heterocycles. The van der Waals surface area contributed by atoms with E-state index in [1.165, 1.54) is 6.26 Å². The molecule has 0 saturated carbocycles. The molecule has 7 nitrogen and oxygen atoms in total. The molecule has 1 aromatic heterocycles. The number of carbonyl (C=O) groups is 2. The molecule has 0 radical (unpaired) electrons. The molecule has 0 saturated heterocycles. The van der Waals surface area contributed by atoms with Crippen LogP contribution in [0.5, 0.6) is 11.5 Å². The van der Waals surface area contributed by atoms with Gasteiger partial charge in [-0.2, -0.15) is 0 Å². The van der Waals surface area contributed by atoms with Gasteiger partial charge in [-0.15, -0.1) is 0 Å². The predicted molar refractivity (Wildman–Crippen MR) is 108 cm³/mol. The van der Waals surface area contributed by atoms with Crippen LogP contribution in [0, 0.1) is 0 Å². The first-order valence-electron chi connectivity index (χ1n) is 9.87. The Morgan fingerprint density at radius 3 is 2.59 bits per heavy atom. The maximum atomic E-state index is 13.1. The van der Waals surface area contributed by atoms with Gasteiger partial charge in [0.1, 0.15) is 6.54 Å². The van der Waals surface area contributed by atoms with Crippen LogP contribution in [-0.4, -0.2) is 55.5 Å². The van der Waals surface area contributed by atoms with E-state index in [0.29, 0.717) is 24.6 Å². The van der Waals surface area contributed by atoms with Crippen molar-refractivity contribution in [2.24, 2.45) is 0 Å². The molecule has 156 valence electrons. The Bertz CT molecular complexity index is 862. The van der Waals surface area contributed by atoms with Crippen molar-refractivity contribution < 1.29 is 23.5 Å². The lowest BCUT2D eigenvalue weighted by atomic mass is 9.92. The quantitative estimate of drug-likeness (QED) is 0.713. The predicted octanol–water partition coefficient (Wildman–Crippen LogP) is 3.29. The first-order chi connectivity index (χ1) is 14.0. The summed E-state index contributed by atoms with van der Waals surface area (Å²) in [5.41, 5.74) is 2.19. The second kappa shape index (κ2) is 9.03. The van der Waals surface area contributed by atoms with Gasteiger partial charge in [0, 0.05) is 13.1 Å². The molecule has 0 aliphatic carbocycles. The summed E-state index contributed by atoms with van der Waals surface area (Å²) < 4.78 is 16.0. The minimum absolute atomic E-state index is 0.0281. The lowest BCUT2D eigenvalue weighted by molar-refractivity contribution is -0.134. The zero-order chi connectivity index (χ0) is 21.0. The first-order valence-corrected chi connectivity index (χ1v) is 9.87. The summed E-state index contributed by atoms with van der Waals surface area (Å²) >= 11 is 0. The van der Waals surface area contributed by atoms with E-state index in [9.17, 15) is 9.59 Å². The standard InChI is InChI=1S/C22H28N2O5/c1-5-9-23(22(26)18-7-6-11-29-18)14-21(25)24-10-8-16-12-19(27-3)20(28-4)13-17(16)15(24)2/h6-7,11-13,15H,5,8-10,14H2,1-4H3. The van der Waals surface area contributed by atoms with Crippen LogP contribution in [0.3, 0.4) is 0 Å². The average molecular weight is 400 g/mol. The van der Waals surface area contributed by atoms with Crippen LogP contribution in [-0.2, 0) is 11.2 Å². The largest absolute Gasteiger partial charge is 0.493 e. The Kier molecular flexibility index (Phi) is 6.46. The summed E-state index contributed by atoms with van der Waals surface area (Å²) in [6, 6.07) is 7.10. The monoisotopic (exact) mass is 400 g/mol. The lowest BCUT2D eigenvalue weighted by Crippen LogP contribution is -2.46. The van der Waals surface area contributed by atoms with Crippen LogP contribution in [0.1, 0.15) is 48.0 Å². The third kappa shape index (κ3) is 4.23. The Morgan fingerprint density at radius 2 is 1.97 bits per heavy atom. The number of ether oxygens (including phenoxy) is 2. The molecule has 3 rings (SSSR count). The molecule has 1 atom stereocenters. The van der Waals surface area contributed by atoms with E-state index >= 15 is 0 Å². The second-order valence-corrected chi connectivity index (χ2v) is 7.12. The van der Waals surface area contributed by atoms with E-state index in [-0.39, 0.29) is 30.2 Å². The average Bonchev–Trinajstić information content (AvgIpc) is 3.27. The third-order valence-electron chi connectivity index (χ3n) is 5.34. The molecular formula is C22H28N2O5. The van der Waals surface area contributed by atoms with Crippen molar-refractivity contribution in [3.63, 3.8) is 0 Å². The highest BCUT2D eigenvalue weighted by Crippen LogP contribution is 2.37. The van der Waals surface area contributed by atoms with Crippen LogP contribution >= 0.6 is 0 Å². The van der Waals surface area contributed by atoms with E-state index < -0.39 is 0 Å². The maximum absolute atomic E-state index is 13.1. The van der Waals surface area contributed by atoms with Gasteiger partial charge in [-0.3, -0.25) is 9.59 Å². The Hall–Kier alpha value is -2.96. The highest BCUT2D eigenvalue weighted by molar-refractivity contribution is 5.94. The van der Waals surface area contributed by atoms with Crippen molar-refractivity contribution in [1.29, 1.82) is 0 Å². The number of hydrogen-bond donors (Lipinski definition) is 0. The summed E-state index contributed by atoms with van der Waals surface area (Å²) in [7, 11) is 3.22. The molecule has 1 unspecified atom stereocenters. The summed E-state index contributed by atoms with van der Waals surface area (Å²) in [6.07, 6.45) is 2.95. The van der Waals surface area contributed by atoms with Crippen LogP contribution in [0.2, 0.25) is 0 Å². The molecular weight excluding hydrogens is 372 g/mol. The van der Waals surface area contributed by atoms with Crippen molar-refractivity contribution >= 4 is 11.8 Å². The fraction of sp³-hybridized carbons (Fsp3) is 0.455. The van der Waals surface area contributed by atoms with Gasteiger partial charge in [0.15, 0.2) is 17.3 Å². The maximum Gasteiger partial charge on any atom is 0.290 e. The van der Waals surface area contributed by atoms with E-state index in [0.717, 1.165) is 24.0 Å². The van der Waals surface area contributed by atoms with Crippen molar-refractivity contribution in [3.05, 3.63) is 47.4 Å². The number of hydrogen-bond acceptors (Lipinski definition) is 5. The molecule has 1 aliphatic rings. The molecule has 0 N–H and O–H groups in total. The van der Waals surface area contributed by atoms with E-state index in [2.05, 4.69) is 0 Å². The van der Waals surface area contributed by atoms with Crippen molar-refractivity contribution in [2.75, 3.05) is 33.9 Å². The minimum Gasteiger partial charge on any atom is -0.493 e. The number of fused-ring (bicyclic) bond motifs is 1. The zero-order valence-electron chi connectivity index (χ0n) is 17.4. The van der Waals surface area contributed by atoms with E-state index in [1.54, 1.807) is 31.3 Å². The Labute approximate surface area is 171 Å². The zero-order valence-corrected chi connectivity index (χ0v) is 17.4. The number of benzene rings is 1. The van der Waals surface area contributed by atoms with Crippen LogP contribution in [0.4, 0.5) is 0 Å². The van der Waals surface area contributed by atoms with E-state index in [4.69, 9.17) is 13.9 Å². The number of nitrogens with zero attached hydrogens (tertiary/aromatic N) is 2. The number of amides is 2. The first kappa shape index (κ1) is 20.8. The Balaban J connectivity index is 1.78. The fourth-order valence-electron chi connectivity index (χ4n) is 3.82. The molecule has 2 heterocycles. The second-order valence-electron chi connectivity index (χ2n) is 7.12. The minimum atomic E-state index is -0.262.